The van der Waals surface area contributed by atoms with Crippen molar-refractivity contribution in [2.75, 3.05) is 18.4 Å². The molecule has 0 bridgehead atoms. The summed E-state index contributed by atoms with van der Waals surface area (Å²) < 4.78 is 0. The van der Waals surface area contributed by atoms with Gasteiger partial charge in [-0.3, -0.25) is 10.2 Å². The number of likely N-dealkylation sites (tertiary alicyclic amines) is 1. The van der Waals surface area contributed by atoms with Gasteiger partial charge in [-0.15, -0.1) is 0 Å². The smallest absolute Gasteiger partial charge is 0.411 e. The lowest BCUT2D eigenvalue weighted by Crippen LogP contribution is -2.47. The van der Waals surface area contributed by atoms with Gasteiger partial charge in [0.25, 0.3) is 0 Å². The zero-order chi connectivity index (χ0) is 14.8. The minimum atomic E-state index is -1.11. The molecule has 0 saturated carbocycles. The van der Waals surface area contributed by atoms with Crippen LogP contribution in [0.25, 0.3) is 0 Å². The Labute approximate surface area is 124 Å². The van der Waals surface area contributed by atoms with Gasteiger partial charge < -0.3 is 5.11 Å². The summed E-state index contributed by atoms with van der Waals surface area (Å²) in [5.41, 5.74) is 2.25. The molecule has 1 saturated heterocycles. The Kier molecular flexibility index (Phi) is 4.05. The van der Waals surface area contributed by atoms with Gasteiger partial charge >= 0.3 is 6.09 Å². The molecule has 3 rings (SSSR count). The first-order valence-electron chi connectivity index (χ1n) is 7.79. The fourth-order valence-electron chi connectivity index (χ4n) is 3.79. The topological polar surface area (TPSA) is 78.4 Å². The lowest BCUT2D eigenvalue weighted by atomic mass is 9.77. The molecule has 0 radical (unpaired) electrons. The van der Waals surface area contributed by atoms with E-state index in [2.05, 4.69) is 27.1 Å². The molecule has 1 amide bonds. The van der Waals surface area contributed by atoms with Crippen LogP contribution in [0.2, 0.25) is 0 Å². The Bertz CT molecular complexity index is 532. The largest absolute Gasteiger partial charge is 0.465 e. The summed E-state index contributed by atoms with van der Waals surface area (Å²) in [5, 5.41) is 11.1. The highest BCUT2D eigenvalue weighted by Gasteiger charge is 2.37. The van der Waals surface area contributed by atoms with Gasteiger partial charge in [-0.25, -0.2) is 14.8 Å². The molecule has 21 heavy (non-hydrogen) atoms. The minimum Gasteiger partial charge on any atom is -0.465 e. The van der Waals surface area contributed by atoms with Crippen LogP contribution in [0, 0.1) is 0 Å². The highest BCUT2D eigenvalue weighted by Crippen LogP contribution is 2.39. The average molecular weight is 290 g/mol. The molecule has 2 aliphatic rings. The number of hydrogen-bond donors (Lipinski definition) is 2. The number of piperidine rings is 1. The van der Waals surface area contributed by atoms with Crippen molar-refractivity contribution in [1.29, 1.82) is 0 Å². The summed E-state index contributed by atoms with van der Waals surface area (Å²) in [4.78, 5) is 22.0. The predicted molar refractivity (Wildman–Crippen MR) is 79.6 cm³/mol. The standard InChI is InChI=1S/C15H22N4O2/c1-2-7-19-8-3-4-11-12(19)6-5-10-9-16-14(17-13(10)11)18-15(20)21/h9,11-12H,2-8H2,1H3,(H,20,21)(H,16,17,18)/t11-,12+/m0/s1. The first-order valence-corrected chi connectivity index (χ1v) is 7.79. The Balaban J connectivity index is 1.88. The molecule has 6 nitrogen and oxygen atoms in total. The Morgan fingerprint density at radius 2 is 2.38 bits per heavy atom. The summed E-state index contributed by atoms with van der Waals surface area (Å²) >= 11 is 0. The van der Waals surface area contributed by atoms with Gasteiger partial charge in [0.05, 0.1) is 5.69 Å². The predicted octanol–water partition coefficient (Wildman–Crippen LogP) is 2.47. The molecular weight excluding hydrogens is 268 g/mol. The van der Waals surface area contributed by atoms with Crippen molar-refractivity contribution in [2.24, 2.45) is 0 Å². The molecule has 1 fully saturated rings. The molecule has 2 heterocycles. The summed E-state index contributed by atoms with van der Waals surface area (Å²) in [5.74, 6) is 0.626. The van der Waals surface area contributed by atoms with Crippen LogP contribution in [0.15, 0.2) is 6.20 Å². The maximum absolute atomic E-state index is 10.8. The molecule has 1 aromatic heterocycles. The molecule has 114 valence electrons. The number of carboxylic acid groups (broad SMARTS) is 1. The van der Waals surface area contributed by atoms with Gasteiger partial charge in [0.1, 0.15) is 0 Å². The second-order valence-corrected chi connectivity index (χ2v) is 5.92. The van der Waals surface area contributed by atoms with Crippen molar-refractivity contribution in [3.63, 3.8) is 0 Å². The van der Waals surface area contributed by atoms with Crippen LogP contribution in [0.5, 0.6) is 0 Å². The zero-order valence-electron chi connectivity index (χ0n) is 12.4. The zero-order valence-corrected chi connectivity index (χ0v) is 12.4. The number of amides is 1. The van der Waals surface area contributed by atoms with Crippen LogP contribution in [0.4, 0.5) is 10.7 Å². The normalized spacial score (nSPS) is 25.0. The van der Waals surface area contributed by atoms with E-state index < -0.39 is 6.09 Å². The average Bonchev–Trinajstić information content (AvgIpc) is 2.47. The molecule has 1 aliphatic heterocycles. The van der Waals surface area contributed by atoms with Crippen LogP contribution < -0.4 is 5.32 Å². The fraction of sp³-hybridized carbons (Fsp3) is 0.667. The van der Waals surface area contributed by atoms with E-state index in [-0.39, 0.29) is 5.95 Å². The number of nitrogens with one attached hydrogen (secondary N) is 1. The van der Waals surface area contributed by atoms with E-state index in [9.17, 15) is 4.79 Å². The highest BCUT2D eigenvalue weighted by atomic mass is 16.4. The highest BCUT2D eigenvalue weighted by molar-refractivity contribution is 5.80. The molecule has 0 spiro atoms. The maximum atomic E-state index is 10.8. The number of aromatic nitrogens is 2. The van der Waals surface area contributed by atoms with Gasteiger partial charge in [-0.05, 0) is 50.8 Å². The number of carbonyl (C=O) groups is 1. The Hall–Kier alpha value is -1.69. The summed E-state index contributed by atoms with van der Waals surface area (Å²) in [6.45, 7) is 4.54. The maximum Gasteiger partial charge on any atom is 0.411 e. The molecule has 2 atom stereocenters. The van der Waals surface area contributed by atoms with Crippen LogP contribution in [0.1, 0.15) is 49.8 Å². The summed E-state index contributed by atoms with van der Waals surface area (Å²) in [6, 6.07) is 0.554. The van der Waals surface area contributed by atoms with Crippen molar-refractivity contribution in [3.8, 4) is 0 Å². The molecule has 1 aliphatic carbocycles. The second kappa shape index (κ2) is 5.97. The number of anilines is 1. The van der Waals surface area contributed by atoms with E-state index in [1.54, 1.807) is 6.20 Å². The van der Waals surface area contributed by atoms with Crippen molar-refractivity contribution in [1.82, 2.24) is 14.9 Å². The number of fused-ring (bicyclic) bond motifs is 3. The third-order valence-electron chi connectivity index (χ3n) is 4.58. The number of hydrogen-bond acceptors (Lipinski definition) is 4. The Morgan fingerprint density at radius 3 is 3.14 bits per heavy atom. The van der Waals surface area contributed by atoms with Crippen LogP contribution in [-0.2, 0) is 6.42 Å². The second-order valence-electron chi connectivity index (χ2n) is 5.92. The van der Waals surface area contributed by atoms with E-state index in [0.29, 0.717) is 12.0 Å². The lowest BCUT2D eigenvalue weighted by Gasteiger charge is -2.44. The van der Waals surface area contributed by atoms with Gasteiger partial charge in [-0.2, -0.15) is 0 Å². The molecule has 1 aromatic rings. The van der Waals surface area contributed by atoms with Gasteiger partial charge in [-0.1, -0.05) is 6.92 Å². The van der Waals surface area contributed by atoms with Gasteiger partial charge in [0, 0.05) is 18.2 Å². The minimum absolute atomic E-state index is 0.203. The monoisotopic (exact) mass is 290 g/mol. The third kappa shape index (κ3) is 2.85. The molecule has 6 heteroatoms. The SMILES string of the molecule is CCCN1CCC[C@@H]2c3nc(NC(=O)O)ncc3CC[C@H]21. The van der Waals surface area contributed by atoms with Crippen LogP contribution in [0.3, 0.4) is 0 Å². The van der Waals surface area contributed by atoms with E-state index >= 15 is 0 Å². The number of rotatable bonds is 3. The van der Waals surface area contributed by atoms with Crippen molar-refractivity contribution in [3.05, 3.63) is 17.5 Å². The molecule has 0 aromatic carbocycles. The number of aryl methyl sites for hydroxylation is 1. The van der Waals surface area contributed by atoms with Crippen LogP contribution in [-0.4, -0.2) is 45.2 Å². The van der Waals surface area contributed by atoms with Crippen molar-refractivity contribution < 1.29 is 9.90 Å². The van der Waals surface area contributed by atoms with E-state index in [1.807, 2.05) is 0 Å². The van der Waals surface area contributed by atoms with Crippen LogP contribution >= 0.6 is 0 Å². The number of nitrogens with zero attached hydrogens (tertiary/aromatic N) is 3. The molecular formula is C15H22N4O2. The van der Waals surface area contributed by atoms with E-state index in [0.717, 1.165) is 31.5 Å². The fourth-order valence-corrected chi connectivity index (χ4v) is 3.79. The van der Waals surface area contributed by atoms with Crippen molar-refractivity contribution in [2.45, 2.75) is 51.0 Å². The third-order valence-corrected chi connectivity index (χ3v) is 4.58. The van der Waals surface area contributed by atoms with Gasteiger partial charge in [0.15, 0.2) is 0 Å². The first-order chi connectivity index (χ1) is 10.2. The quantitative estimate of drug-likeness (QED) is 0.894. The van der Waals surface area contributed by atoms with E-state index in [1.165, 1.54) is 24.9 Å². The summed E-state index contributed by atoms with van der Waals surface area (Å²) in [6.07, 6.45) is 6.33. The summed E-state index contributed by atoms with van der Waals surface area (Å²) in [7, 11) is 0. The lowest BCUT2D eigenvalue weighted by molar-refractivity contribution is 0.111. The first kappa shape index (κ1) is 14.3. The molecule has 0 unspecified atom stereocenters. The Morgan fingerprint density at radius 1 is 1.52 bits per heavy atom. The molecule has 2 N–H and O–H groups in total. The van der Waals surface area contributed by atoms with Crippen molar-refractivity contribution >= 4 is 12.0 Å². The van der Waals surface area contributed by atoms with Gasteiger partial charge in [0.2, 0.25) is 5.95 Å². The van der Waals surface area contributed by atoms with E-state index in [4.69, 9.17) is 5.11 Å².